The average Bonchev–Trinajstić information content (AvgIpc) is 3.05. The first-order chi connectivity index (χ1) is 14.1. The number of esters is 1. The predicted octanol–water partition coefficient (Wildman–Crippen LogP) is 7.04. The Morgan fingerprint density at radius 3 is 2.37 bits per heavy atom. The number of alkyl halides is 4. The van der Waals surface area contributed by atoms with Gasteiger partial charge in [0.05, 0.1) is 14.3 Å². The van der Waals surface area contributed by atoms with Gasteiger partial charge in [0.1, 0.15) is 5.38 Å². The smallest absolute Gasteiger partial charge is 0.323 e. The molecule has 0 radical (unpaired) electrons. The monoisotopic (exact) mass is 450 g/mol. The van der Waals surface area contributed by atoms with E-state index in [0.717, 1.165) is 44.9 Å². The molecule has 4 rings (SSSR count). The number of carbonyl (C=O) groups excluding carboxylic acids is 1. The van der Waals surface area contributed by atoms with Crippen molar-refractivity contribution in [3.05, 3.63) is 0 Å². The van der Waals surface area contributed by atoms with E-state index in [-0.39, 0.29) is 40.9 Å². The maximum absolute atomic E-state index is 15.6. The van der Waals surface area contributed by atoms with E-state index in [1.165, 1.54) is 13.5 Å². The summed E-state index contributed by atoms with van der Waals surface area (Å²) in [4.78, 5) is 11.8. The average molecular weight is 451 g/mol. The molecule has 6 heteroatoms. The van der Waals surface area contributed by atoms with Crippen LogP contribution in [0.25, 0.3) is 0 Å². The van der Waals surface area contributed by atoms with Gasteiger partial charge < -0.3 is 4.74 Å². The summed E-state index contributed by atoms with van der Waals surface area (Å²) >= 11 is 6.29. The summed E-state index contributed by atoms with van der Waals surface area (Å²) in [5.74, 6) is -2.85. The molecule has 174 valence electrons. The van der Waals surface area contributed by atoms with Crippen LogP contribution in [-0.2, 0) is 9.53 Å². The number of halogens is 4. The molecular weight excluding hydrogens is 413 g/mol. The Morgan fingerprint density at radius 1 is 1.03 bits per heavy atom. The summed E-state index contributed by atoms with van der Waals surface area (Å²) < 4.78 is 45.4. The van der Waals surface area contributed by atoms with Crippen LogP contribution in [0.2, 0.25) is 0 Å². The van der Waals surface area contributed by atoms with Crippen molar-refractivity contribution in [3.63, 3.8) is 0 Å². The molecule has 0 aliphatic heterocycles. The quantitative estimate of drug-likeness (QED) is 0.340. The largest absolute Gasteiger partial charge is 0.468 e. The summed E-state index contributed by atoms with van der Waals surface area (Å²) in [6.45, 7) is 4.53. The van der Waals surface area contributed by atoms with Crippen LogP contribution in [0.15, 0.2) is 0 Å². The maximum Gasteiger partial charge on any atom is 0.323 e. The standard InChI is InChI=1S/C23H35ClF2O2.CH3F/c1-21-10-5-4-6-15(21)13-23(25,26)19-16-8-7-14(12-18(24)20(27)28-3)22(16,2)11-9-17(19)21;1-2/h14-19H,4-13H2,1-3H3;1H3. The van der Waals surface area contributed by atoms with Gasteiger partial charge in [0.15, 0.2) is 0 Å². The molecule has 8 atom stereocenters. The van der Waals surface area contributed by atoms with Gasteiger partial charge in [-0.3, -0.25) is 9.18 Å². The van der Waals surface area contributed by atoms with E-state index in [1.54, 1.807) is 0 Å². The molecule has 0 heterocycles. The van der Waals surface area contributed by atoms with Crippen molar-refractivity contribution < 1.29 is 22.7 Å². The highest BCUT2D eigenvalue weighted by molar-refractivity contribution is 6.29. The molecule has 0 bridgehead atoms. The Kier molecular flexibility index (Phi) is 7.12. The fourth-order valence-corrected chi connectivity index (χ4v) is 8.46. The van der Waals surface area contributed by atoms with Crippen LogP contribution >= 0.6 is 11.6 Å². The molecule has 4 saturated carbocycles. The second-order valence-corrected chi connectivity index (χ2v) is 11.2. The van der Waals surface area contributed by atoms with Gasteiger partial charge >= 0.3 is 5.97 Å². The number of carbonyl (C=O) groups is 1. The van der Waals surface area contributed by atoms with Gasteiger partial charge in [0, 0.05) is 12.3 Å². The Morgan fingerprint density at radius 2 is 1.70 bits per heavy atom. The zero-order chi connectivity index (χ0) is 22.3. The molecule has 30 heavy (non-hydrogen) atoms. The number of hydrogen-bond acceptors (Lipinski definition) is 2. The highest BCUT2D eigenvalue weighted by atomic mass is 35.5. The van der Waals surface area contributed by atoms with Gasteiger partial charge in [-0.1, -0.05) is 26.7 Å². The van der Waals surface area contributed by atoms with Crippen molar-refractivity contribution in [1.82, 2.24) is 0 Å². The second-order valence-electron chi connectivity index (χ2n) is 10.7. The Bertz CT molecular complexity index is 630. The van der Waals surface area contributed by atoms with Crippen molar-refractivity contribution >= 4 is 17.6 Å². The topological polar surface area (TPSA) is 26.3 Å². The van der Waals surface area contributed by atoms with Crippen molar-refractivity contribution in [2.45, 2.75) is 89.4 Å². The number of ether oxygens (including phenoxy) is 1. The zero-order valence-electron chi connectivity index (χ0n) is 18.9. The Hall–Kier alpha value is -0.450. The molecule has 8 unspecified atom stereocenters. The summed E-state index contributed by atoms with van der Waals surface area (Å²) in [5.41, 5.74) is -0.0470. The predicted molar refractivity (Wildman–Crippen MR) is 113 cm³/mol. The molecular formula is C24H38ClF3O2. The van der Waals surface area contributed by atoms with E-state index in [4.69, 9.17) is 16.3 Å². The van der Waals surface area contributed by atoms with Crippen LogP contribution < -0.4 is 0 Å². The SMILES string of the molecule is CF.COC(=O)C(Cl)CC1CCC2C3C(CCC12C)C1(C)CCCCC1CC3(F)F. The van der Waals surface area contributed by atoms with Gasteiger partial charge in [0.25, 0.3) is 5.92 Å². The van der Waals surface area contributed by atoms with Gasteiger partial charge in [-0.25, -0.2) is 8.78 Å². The van der Waals surface area contributed by atoms with Crippen molar-refractivity contribution in [1.29, 1.82) is 0 Å². The molecule has 4 fully saturated rings. The number of rotatable bonds is 3. The van der Waals surface area contributed by atoms with Gasteiger partial charge in [-0.2, -0.15) is 0 Å². The van der Waals surface area contributed by atoms with Crippen LogP contribution in [-0.4, -0.2) is 31.6 Å². The lowest BCUT2D eigenvalue weighted by Gasteiger charge is -2.62. The molecule has 0 amide bonds. The van der Waals surface area contributed by atoms with Crippen molar-refractivity contribution in [2.24, 2.45) is 40.4 Å². The summed E-state index contributed by atoms with van der Waals surface area (Å²) in [6, 6.07) is 0. The normalized spacial score (nSPS) is 45.1. The number of hydrogen-bond donors (Lipinski definition) is 0. The Labute approximate surface area is 184 Å². The minimum absolute atomic E-state index is 0.0486. The molecule has 0 aromatic heterocycles. The maximum atomic E-state index is 15.6. The molecule has 0 aromatic carbocycles. The molecule has 4 aliphatic rings. The fraction of sp³-hybridized carbons (Fsp3) is 0.958. The third-order valence-corrected chi connectivity index (χ3v) is 10.1. The Balaban J connectivity index is 0.00000124. The van der Waals surface area contributed by atoms with Crippen LogP contribution in [0, 0.1) is 40.4 Å². The highest BCUT2D eigenvalue weighted by Crippen LogP contribution is 2.70. The summed E-state index contributed by atoms with van der Waals surface area (Å²) in [7, 11) is 1.85. The lowest BCUT2D eigenvalue weighted by atomic mass is 9.44. The number of fused-ring (bicyclic) bond motifs is 5. The minimum Gasteiger partial charge on any atom is -0.468 e. The van der Waals surface area contributed by atoms with E-state index in [9.17, 15) is 9.18 Å². The third-order valence-electron chi connectivity index (χ3n) is 9.72. The molecule has 2 nitrogen and oxygen atoms in total. The summed E-state index contributed by atoms with van der Waals surface area (Å²) in [6.07, 6.45) is 8.69. The van der Waals surface area contributed by atoms with Crippen LogP contribution in [0.5, 0.6) is 0 Å². The van der Waals surface area contributed by atoms with E-state index >= 15 is 8.78 Å². The van der Waals surface area contributed by atoms with Crippen LogP contribution in [0.1, 0.15) is 78.1 Å². The fourth-order valence-electron chi connectivity index (χ4n) is 8.16. The van der Waals surface area contributed by atoms with Crippen molar-refractivity contribution in [2.75, 3.05) is 14.3 Å². The van der Waals surface area contributed by atoms with E-state index in [1.807, 2.05) is 0 Å². The number of methoxy groups -OCH3 is 1. The minimum atomic E-state index is -2.56. The van der Waals surface area contributed by atoms with Gasteiger partial charge in [-0.15, -0.1) is 11.6 Å². The summed E-state index contributed by atoms with van der Waals surface area (Å²) in [5, 5.41) is -0.671. The highest BCUT2D eigenvalue weighted by Gasteiger charge is 2.67. The second kappa shape index (κ2) is 8.83. The first-order valence-electron chi connectivity index (χ1n) is 11.6. The van der Waals surface area contributed by atoms with Gasteiger partial charge in [-0.05, 0) is 79.4 Å². The van der Waals surface area contributed by atoms with E-state index in [0.29, 0.717) is 13.6 Å². The van der Waals surface area contributed by atoms with Gasteiger partial charge in [0.2, 0.25) is 0 Å². The molecule has 0 aromatic rings. The first-order valence-corrected chi connectivity index (χ1v) is 12.0. The molecule has 0 spiro atoms. The third kappa shape index (κ3) is 3.79. The first kappa shape index (κ1) is 24.2. The lowest BCUT2D eigenvalue weighted by molar-refractivity contribution is -0.231. The van der Waals surface area contributed by atoms with E-state index in [2.05, 4.69) is 13.8 Å². The van der Waals surface area contributed by atoms with Crippen molar-refractivity contribution in [3.8, 4) is 0 Å². The molecule has 0 saturated heterocycles. The van der Waals surface area contributed by atoms with Crippen LogP contribution in [0.3, 0.4) is 0 Å². The molecule has 4 aliphatic carbocycles. The molecule has 0 N–H and O–H groups in total. The zero-order valence-corrected chi connectivity index (χ0v) is 19.6. The van der Waals surface area contributed by atoms with E-state index < -0.39 is 23.2 Å². The van der Waals surface area contributed by atoms with Crippen LogP contribution in [0.4, 0.5) is 13.2 Å². The lowest BCUT2D eigenvalue weighted by Crippen LogP contribution is -2.60.